The van der Waals surface area contributed by atoms with Crippen LogP contribution in [0.25, 0.3) is 0 Å². The van der Waals surface area contributed by atoms with Crippen LogP contribution in [0.3, 0.4) is 0 Å². The Morgan fingerprint density at radius 2 is 1.66 bits per heavy atom. The lowest BCUT2D eigenvalue weighted by molar-refractivity contribution is -0.384. The van der Waals surface area contributed by atoms with Gasteiger partial charge < -0.3 is 4.74 Å². The molecular weight excluding hydrogens is 372 g/mol. The number of nitro groups is 1. The molecule has 2 amide bonds. The Kier molecular flexibility index (Phi) is 4.82. The molecule has 2 aliphatic rings. The lowest BCUT2D eigenvalue weighted by Gasteiger charge is -2.19. The smallest absolute Gasteiger partial charge is 0.275 e. The molecule has 0 radical (unpaired) electrons. The number of amides is 2. The number of nitrogens with zero attached hydrogens (tertiary/aromatic N) is 2. The zero-order valence-electron chi connectivity index (χ0n) is 16.4. The van der Waals surface area contributed by atoms with E-state index in [1.807, 2.05) is 32.0 Å². The number of benzene rings is 2. The number of carbonyl (C=O) groups excluding carboxylic acids is 2. The first-order chi connectivity index (χ1) is 13.8. The van der Waals surface area contributed by atoms with E-state index >= 15 is 0 Å². The van der Waals surface area contributed by atoms with Gasteiger partial charge in [0, 0.05) is 12.1 Å². The summed E-state index contributed by atoms with van der Waals surface area (Å²) in [6.45, 7) is 3.81. The number of non-ortho nitro benzene ring substituents is 1. The van der Waals surface area contributed by atoms with Gasteiger partial charge in [0.2, 0.25) is 11.8 Å². The lowest BCUT2D eigenvalue weighted by Crippen LogP contribution is -2.30. The molecule has 1 aliphatic carbocycles. The highest BCUT2D eigenvalue weighted by Gasteiger charge is 2.49. The van der Waals surface area contributed by atoms with Crippen molar-refractivity contribution >= 4 is 23.2 Å². The molecule has 0 spiro atoms. The molecular formula is C22H22N2O5. The number of ether oxygens (including phenoxy) is 1. The highest BCUT2D eigenvalue weighted by Crippen LogP contribution is 2.42. The van der Waals surface area contributed by atoms with Gasteiger partial charge in [0.15, 0.2) is 0 Å². The normalized spacial score (nSPS) is 21.2. The quantitative estimate of drug-likeness (QED) is 0.426. The minimum Gasteiger partial charge on any atom is -0.457 e. The maximum absolute atomic E-state index is 12.9. The second kappa shape index (κ2) is 7.31. The number of aryl methyl sites for hydroxylation is 2. The Bertz CT molecular complexity index is 992. The van der Waals surface area contributed by atoms with Gasteiger partial charge in [-0.3, -0.25) is 19.7 Å². The van der Waals surface area contributed by atoms with E-state index in [9.17, 15) is 19.7 Å². The minimum absolute atomic E-state index is 0.198. The summed E-state index contributed by atoms with van der Waals surface area (Å²) >= 11 is 0. The topological polar surface area (TPSA) is 89.8 Å². The van der Waals surface area contributed by atoms with Gasteiger partial charge in [0.1, 0.15) is 11.5 Å². The van der Waals surface area contributed by atoms with Crippen molar-refractivity contribution in [3.8, 4) is 11.5 Å². The van der Waals surface area contributed by atoms with Crippen molar-refractivity contribution in [2.75, 3.05) is 4.90 Å². The van der Waals surface area contributed by atoms with Crippen molar-refractivity contribution in [3.05, 3.63) is 57.6 Å². The first-order valence-corrected chi connectivity index (χ1v) is 9.77. The van der Waals surface area contributed by atoms with E-state index in [0.29, 0.717) is 18.6 Å². The van der Waals surface area contributed by atoms with Crippen LogP contribution < -0.4 is 9.64 Å². The summed E-state index contributed by atoms with van der Waals surface area (Å²) in [5, 5.41) is 11.5. The molecule has 2 atom stereocenters. The van der Waals surface area contributed by atoms with Crippen LogP contribution in [0.1, 0.15) is 36.8 Å². The monoisotopic (exact) mass is 394 g/mol. The lowest BCUT2D eigenvalue weighted by atomic mass is 9.81. The van der Waals surface area contributed by atoms with Crippen LogP contribution in [-0.4, -0.2) is 16.7 Å². The molecule has 150 valence electrons. The van der Waals surface area contributed by atoms with Crippen molar-refractivity contribution in [2.24, 2.45) is 11.8 Å². The molecule has 0 aromatic heterocycles. The summed E-state index contributed by atoms with van der Waals surface area (Å²) in [6, 6.07) is 9.80. The molecule has 29 heavy (non-hydrogen) atoms. The average Bonchev–Trinajstić information content (AvgIpc) is 2.95. The van der Waals surface area contributed by atoms with Crippen LogP contribution in [-0.2, 0) is 9.59 Å². The van der Waals surface area contributed by atoms with E-state index in [-0.39, 0.29) is 40.8 Å². The molecule has 7 nitrogen and oxygen atoms in total. The number of rotatable bonds is 4. The Labute approximate surface area is 168 Å². The van der Waals surface area contributed by atoms with Crippen molar-refractivity contribution in [2.45, 2.75) is 39.5 Å². The summed E-state index contributed by atoms with van der Waals surface area (Å²) in [4.78, 5) is 37.8. The summed E-state index contributed by atoms with van der Waals surface area (Å²) < 4.78 is 5.92. The molecule has 4 rings (SSSR count). The first-order valence-electron chi connectivity index (χ1n) is 9.77. The average molecular weight is 394 g/mol. The van der Waals surface area contributed by atoms with Crippen molar-refractivity contribution in [1.82, 2.24) is 0 Å². The zero-order chi connectivity index (χ0) is 20.7. The van der Waals surface area contributed by atoms with Gasteiger partial charge in [-0.25, -0.2) is 4.90 Å². The van der Waals surface area contributed by atoms with Gasteiger partial charge in [-0.2, -0.15) is 0 Å². The summed E-state index contributed by atoms with van der Waals surface area (Å²) in [6.07, 6.45) is 3.22. The van der Waals surface area contributed by atoms with Gasteiger partial charge in [-0.05, 0) is 43.9 Å². The Morgan fingerprint density at radius 1 is 1.00 bits per heavy atom. The van der Waals surface area contributed by atoms with E-state index in [1.165, 1.54) is 18.2 Å². The number of hydrogen-bond acceptors (Lipinski definition) is 5. The van der Waals surface area contributed by atoms with Crippen molar-refractivity contribution in [3.63, 3.8) is 0 Å². The van der Waals surface area contributed by atoms with E-state index < -0.39 is 4.92 Å². The van der Waals surface area contributed by atoms with Gasteiger partial charge in [-0.1, -0.05) is 25.0 Å². The molecule has 0 N–H and O–H groups in total. The van der Waals surface area contributed by atoms with Gasteiger partial charge in [0.05, 0.1) is 28.5 Å². The third kappa shape index (κ3) is 3.48. The molecule has 1 saturated carbocycles. The molecule has 2 aromatic carbocycles. The number of imide groups is 1. The maximum atomic E-state index is 12.9. The van der Waals surface area contributed by atoms with Gasteiger partial charge >= 0.3 is 0 Å². The van der Waals surface area contributed by atoms with Gasteiger partial charge in [0.25, 0.3) is 5.69 Å². The number of fused-ring (bicyclic) bond motifs is 1. The fourth-order valence-electron chi connectivity index (χ4n) is 4.22. The van der Waals surface area contributed by atoms with E-state index in [2.05, 4.69) is 0 Å². The molecule has 2 aromatic rings. The van der Waals surface area contributed by atoms with Crippen LogP contribution in [0.2, 0.25) is 0 Å². The largest absolute Gasteiger partial charge is 0.457 e. The van der Waals surface area contributed by atoms with Crippen molar-refractivity contribution in [1.29, 1.82) is 0 Å². The van der Waals surface area contributed by atoms with Crippen LogP contribution in [0.4, 0.5) is 11.4 Å². The van der Waals surface area contributed by atoms with E-state index in [1.54, 1.807) is 0 Å². The fourth-order valence-corrected chi connectivity index (χ4v) is 4.22. The number of nitro benzene ring substituents is 1. The van der Waals surface area contributed by atoms with Gasteiger partial charge in [-0.15, -0.1) is 0 Å². The van der Waals surface area contributed by atoms with Crippen LogP contribution in [0.5, 0.6) is 11.5 Å². The number of carbonyl (C=O) groups is 2. The molecule has 1 heterocycles. The first kappa shape index (κ1) is 19.1. The predicted molar refractivity (Wildman–Crippen MR) is 107 cm³/mol. The molecule has 1 aliphatic heterocycles. The Hall–Kier alpha value is -3.22. The minimum atomic E-state index is -0.544. The third-order valence-electron chi connectivity index (χ3n) is 5.76. The standard InChI is InChI=1S/C22H22N2O5/c1-13-7-8-14(2)20(9-13)29-17-11-15(10-16(12-17)24(27)28)23-21(25)18-5-3-4-6-19(18)22(23)26/h7-12,18-19H,3-6H2,1-2H3. The highest BCUT2D eigenvalue weighted by molar-refractivity contribution is 6.22. The zero-order valence-corrected chi connectivity index (χ0v) is 16.4. The third-order valence-corrected chi connectivity index (χ3v) is 5.76. The van der Waals surface area contributed by atoms with E-state index in [4.69, 9.17) is 4.74 Å². The molecule has 1 saturated heterocycles. The molecule has 2 fully saturated rings. The second-order valence-electron chi connectivity index (χ2n) is 7.82. The SMILES string of the molecule is Cc1ccc(C)c(Oc2cc(N3C(=O)C4CCCCC4C3=O)cc([N+](=O)[O-])c2)c1. The number of hydrogen-bond donors (Lipinski definition) is 0. The maximum Gasteiger partial charge on any atom is 0.275 e. The Balaban J connectivity index is 1.74. The van der Waals surface area contributed by atoms with Crippen molar-refractivity contribution < 1.29 is 19.2 Å². The summed E-state index contributed by atoms with van der Waals surface area (Å²) in [7, 11) is 0. The highest BCUT2D eigenvalue weighted by atomic mass is 16.6. The number of anilines is 1. The van der Waals surface area contributed by atoms with Crippen LogP contribution in [0, 0.1) is 35.8 Å². The summed E-state index contributed by atoms with van der Waals surface area (Å²) in [5.41, 5.74) is 1.84. The predicted octanol–water partition coefficient (Wildman–Crippen LogP) is 4.68. The summed E-state index contributed by atoms with van der Waals surface area (Å²) in [5.74, 6) is -0.379. The molecule has 2 unspecified atom stereocenters. The Morgan fingerprint density at radius 3 is 2.28 bits per heavy atom. The fraction of sp³-hybridized carbons (Fsp3) is 0.364. The molecule has 0 bridgehead atoms. The van der Waals surface area contributed by atoms with Crippen LogP contribution in [0.15, 0.2) is 36.4 Å². The van der Waals surface area contributed by atoms with E-state index in [0.717, 1.165) is 28.9 Å². The van der Waals surface area contributed by atoms with Crippen LogP contribution >= 0.6 is 0 Å². The molecule has 7 heteroatoms. The second-order valence-corrected chi connectivity index (χ2v) is 7.82.